The van der Waals surface area contributed by atoms with E-state index < -0.39 is 19.8 Å². The average molecular weight is 358 g/mol. The second-order valence-corrected chi connectivity index (χ2v) is 9.30. The van der Waals surface area contributed by atoms with E-state index in [4.69, 9.17) is 11.6 Å². The standard InChI is InChI=1S/C15H16ClNO3S2/c1-12-3-7-15(8-4-12)22(19,20)17-21(2,18)14-9-5-13(11-16)6-10-14/h3-10H,11H2,1-2H3. The summed E-state index contributed by atoms with van der Waals surface area (Å²) in [5, 5.41) is 0. The fraction of sp³-hybridized carbons (Fsp3) is 0.200. The van der Waals surface area contributed by atoms with Crippen LogP contribution in [0.15, 0.2) is 62.1 Å². The molecular weight excluding hydrogens is 342 g/mol. The maximum Gasteiger partial charge on any atom is 0.290 e. The van der Waals surface area contributed by atoms with Crippen molar-refractivity contribution in [3.63, 3.8) is 0 Å². The normalized spacial score (nSPS) is 14.3. The zero-order valence-electron chi connectivity index (χ0n) is 12.2. The van der Waals surface area contributed by atoms with Gasteiger partial charge in [-0.05, 0) is 36.8 Å². The zero-order chi connectivity index (χ0) is 16.4. The van der Waals surface area contributed by atoms with Crippen molar-refractivity contribution < 1.29 is 12.6 Å². The van der Waals surface area contributed by atoms with Gasteiger partial charge in [0.1, 0.15) is 0 Å². The molecule has 0 aliphatic rings. The molecule has 22 heavy (non-hydrogen) atoms. The molecule has 0 aromatic heterocycles. The first-order chi connectivity index (χ1) is 10.2. The lowest BCUT2D eigenvalue weighted by molar-refractivity contribution is 0.598. The number of halogens is 1. The van der Waals surface area contributed by atoms with E-state index in [2.05, 4.69) is 3.77 Å². The lowest BCUT2D eigenvalue weighted by atomic mass is 10.2. The number of aryl methyl sites for hydroxylation is 1. The van der Waals surface area contributed by atoms with E-state index >= 15 is 0 Å². The summed E-state index contributed by atoms with van der Waals surface area (Å²) in [6.45, 7) is 1.86. The van der Waals surface area contributed by atoms with E-state index in [1.165, 1.54) is 18.4 Å². The third-order valence-corrected chi connectivity index (χ3v) is 7.32. The fourth-order valence-electron chi connectivity index (χ4n) is 1.81. The topological polar surface area (TPSA) is 63.6 Å². The lowest BCUT2D eigenvalue weighted by Gasteiger charge is -2.06. The molecule has 2 aromatic rings. The van der Waals surface area contributed by atoms with Crippen LogP contribution in [-0.2, 0) is 25.6 Å². The zero-order valence-corrected chi connectivity index (χ0v) is 14.6. The molecule has 0 spiro atoms. The number of hydrogen-bond donors (Lipinski definition) is 0. The predicted octanol–water partition coefficient (Wildman–Crippen LogP) is 3.58. The Labute approximate surface area is 136 Å². The van der Waals surface area contributed by atoms with Crippen molar-refractivity contribution in [3.05, 3.63) is 59.7 Å². The second kappa shape index (κ2) is 6.40. The Morgan fingerprint density at radius 3 is 1.91 bits per heavy atom. The molecule has 0 bridgehead atoms. The molecule has 7 heteroatoms. The molecule has 0 saturated heterocycles. The van der Waals surface area contributed by atoms with Crippen LogP contribution in [0, 0.1) is 6.92 Å². The highest BCUT2D eigenvalue weighted by Gasteiger charge is 2.17. The van der Waals surface area contributed by atoms with Gasteiger partial charge < -0.3 is 0 Å². The number of hydrogen-bond acceptors (Lipinski definition) is 3. The summed E-state index contributed by atoms with van der Waals surface area (Å²) in [6, 6.07) is 12.9. The molecule has 0 aliphatic heterocycles. The summed E-state index contributed by atoms with van der Waals surface area (Å²) >= 11 is 5.70. The Hall–Kier alpha value is -1.37. The van der Waals surface area contributed by atoms with Crippen molar-refractivity contribution >= 4 is 31.4 Å². The maximum absolute atomic E-state index is 12.7. The van der Waals surface area contributed by atoms with Gasteiger partial charge in [0.15, 0.2) is 0 Å². The van der Waals surface area contributed by atoms with Crippen LogP contribution in [0.25, 0.3) is 0 Å². The van der Waals surface area contributed by atoms with Gasteiger partial charge in [0, 0.05) is 17.0 Å². The van der Waals surface area contributed by atoms with Crippen LogP contribution in [0.2, 0.25) is 0 Å². The summed E-state index contributed by atoms with van der Waals surface area (Å²) < 4.78 is 40.9. The number of sulfonamides is 1. The van der Waals surface area contributed by atoms with E-state index in [0.717, 1.165) is 11.1 Å². The molecule has 0 amide bonds. The quantitative estimate of drug-likeness (QED) is 0.785. The molecule has 0 heterocycles. The summed E-state index contributed by atoms with van der Waals surface area (Å²) in [7, 11) is -7.03. The molecule has 0 saturated carbocycles. The van der Waals surface area contributed by atoms with Gasteiger partial charge in [-0.3, -0.25) is 0 Å². The summed E-state index contributed by atoms with van der Waals surface area (Å²) in [5.41, 5.74) is 1.80. The number of nitrogens with zero attached hydrogens (tertiary/aromatic N) is 1. The molecule has 0 radical (unpaired) electrons. The van der Waals surface area contributed by atoms with Crippen molar-refractivity contribution in [2.45, 2.75) is 22.6 Å². The van der Waals surface area contributed by atoms with Gasteiger partial charge >= 0.3 is 0 Å². The minimum atomic E-state index is -3.98. The largest absolute Gasteiger partial charge is 0.290 e. The Balaban J connectivity index is 2.48. The highest BCUT2D eigenvalue weighted by atomic mass is 35.5. The molecule has 0 aliphatic carbocycles. The third-order valence-electron chi connectivity index (χ3n) is 3.07. The van der Waals surface area contributed by atoms with E-state index in [9.17, 15) is 12.6 Å². The Morgan fingerprint density at radius 2 is 1.41 bits per heavy atom. The van der Waals surface area contributed by atoms with E-state index in [1.807, 2.05) is 6.92 Å². The molecule has 1 unspecified atom stereocenters. The van der Waals surface area contributed by atoms with Gasteiger partial charge in [0.2, 0.25) is 0 Å². The van der Waals surface area contributed by atoms with Crippen molar-refractivity contribution in [3.8, 4) is 0 Å². The smallest absolute Gasteiger partial charge is 0.244 e. The van der Waals surface area contributed by atoms with Crippen molar-refractivity contribution in [1.29, 1.82) is 0 Å². The summed E-state index contributed by atoms with van der Waals surface area (Å²) in [6.07, 6.45) is 1.31. The second-order valence-electron chi connectivity index (χ2n) is 4.94. The van der Waals surface area contributed by atoms with Crippen LogP contribution in [0.4, 0.5) is 0 Å². The van der Waals surface area contributed by atoms with Crippen molar-refractivity contribution in [2.24, 2.45) is 3.77 Å². The molecule has 118 valence electrons. The SMILES string of the molecule is Cc1ccc(S(=O)(=O)N=S(C)(=O)c2ccc(CCl)cc2)cc1. The minimum absolute atomic E-state index is 0.0325. The van der Waals surface area contributed by atoms with Gasteiger partial charge in [-0.1, -0.05) is 29.8 Å². The molecule has 2 aromatic carbocycles. The summed E-state index contributed by atoms with van der Waals surface area (Å²) in [4.78, 5) is 0.391. The van der Waals surface area contributed by atoms with Gasteiger partial charge in [0.05, 0.1) is 14.6 Å². The minimum Gasteiger partial charge on any atom is -0.244 e. The Morgan fingerprint density at radius 1 is 0.909 bits per heavy atom. The highest BCUT2D eigenvalue weighted by Crippen LogP contribution is 2.20. The molecule has 1 atom stereocenters. The average Bonchev–Trinajstić information content (AvgIpc) is 2.46. The molecular formula is C15H16ClNO3S2. The van der Waals surface area contributed by atoms with Crippen LogP contribution in [0.5, 0.6) is 0 Å². The van der Waals surface area contributed by atoms with Crippen LogP contribution in [-0.4, -0.2) is 18.9 Å². The third kappa shape index (κ3) is 3.88. The molecule has 2 rings (SSSR count). The first-order valence-corrected chi connectivity index (χ1v) is 10.3. The maximum atomic E-state index is 12.7. The van der Waals surface area contributed by atoms with Crippen LogP contribution in [0.3, 0.4) is 0 Å². The number of alkyl halides is 1. The van der Waals surface area contributed by atoms with E-state index in [0.29, 0.717) is 10.8 Å². The highest BCUT2D eigenvalue weighted by molar-refractivity contribution is 8.03. The van der Waals surface area contributed by atoms with E-state index in [-0.39, 0.29) is 4.90 Å². The van der Waals surface area contributed by atoms with Crippen LogP contribution in [0.1, 0.15) is 11.1 Å². The molecule has 0 fully saturated rings. The number of rotatable bonds is 4. The van der Waals surface area contributed by atoms with Gasteiger partial charge in [-0.25, -0.2) is 4.21 Å². The predicted molar refractivity (Wildman–Crippen MR) is 89.1 cm³/mol. The lowest BCUT2D eigenvalue weighted by Crippen LogP contribution is -2.05. The molecule has 4 nitrogen and oxygen atoms in total. The monoisotopic (exact) mass is 357 g/mol. The van der Waals surface area contributed by atoms with Gasteiger partial charge in [-0.15, -0.1) is 15.4 Å². The first-order valence-electron chi connectivity index (χ1n) is 6.45. The number of benzene rings is 2. The van der Waals surface area contributed by atoms with E-state index in [1.54, 1.807) is 36.4 Å². The van der Waals surface area contributed by atoms with Crippen LogP contribution < -0.4 is 0 Å². The van der Waals surface area contributed by atoms with Crippen molar-refractivity contribution in [1.82, 2.24) is 0 Å². The van der Waals surface area contributed by atoms with Gasteiger partial charge in [0.25, 0.3) is 10.0 Å². The first kappa shape index (κ1) is 17.0. The fourth-order valence-corrected chi connectivity index (χ4v) is 5.30. The summed E-state index contributed by atoms with van der Waals surface area (Å²) in [5.74, 6) is 0.337. The Kier molecular flexibility index (Phi) is 4.94. The van der Waals surface area contributed by atoms with Crippen molar-refractivity contribution in [2.75, 3.05) is 6.26 Å². The Bertz CT molecular complexity index is 879. The van der Waals surface area contributed by atoms with Crippen LogP contribution >= 0.6 is 11.6 Å². The van der Waals surface area contributed by atoms with Gasteiger partial charge in [-0.2, -0.15) is 8.42 Å². The molecule has 0 N–H and O–H groups in total.